The van der Waals surface area contributed by atoms with Gasteiger partial charge in [0.15, 0.2) is 0 Å². The molecule has 1 aromatic carbocycles. The molecule has 170 valence electrons. The summed E-state index contributed by atoms with van der Waals surface area (Å²) in [6.45, 7) is 7.95. The third kappa shape index (κ3) is 5.98. The molecule has 1 unspecified atom stereocenters. The van der Waals surface area contributed by atoms with Crippen LogP contribution in [0.3, 0.4) is 0 Å². The summed E-state index contributed by atoms with van der Waals surface area (Å²) >= 11 is 0. The van der Waals surface area contributed by atoms with Crippen LogP contribution in [0.1, 0.15) is 42.5 Å². The van der Waals surface area contributed by atoms with Crippen LogP contribution in [-0.2, 0) is 9.53 Å². The Morgan fingerprint density at radius 1 is 0.968 bits per heavy atom. The van der Waals surface area contributed by atoms with Gasteiger partial charge in [-0.25, -0.2) is 0 Å². The Balaban J connectivity index is 1.27. The summed E-state index contributed by atoms with van der Waals surface area (Å²) in [5.74, 6) is 1.27. The Bertz CT molecular complexity index is 744. The second-order valence-corrected chi connectivity index (χ2v) is 8.86. The van der Waals surface area contributed by atoms with Gasteiger partial charge in [0.25, 0.3) is 5.91 Å². The second-order valence-electron chi connectivity index (χ2n) is 8.86. The number of piperidine rings is 1. The number of rotatable bonds is 7. The highest BCUT2D eigenvalue weighted by Gasteiger charge is 2.26. The van der Waals surface area contributed by atoms with Crippen LogP contribution in [0.5, 0.6) is 5.75 Å². The lowest BCUT2D eigenvalue weighted by molar-refractivity contribution is -0.133. The van der Waals surface area contributed by atoms with Crippen molar-refractivity contribution in [3.63, 3.8) is 0 Å². The molecule has 0 aliphatic carbocycles. The predicted molar refractivity (Wildman–Crippen MR) is 118 cm³/mol. The summed E-state index contributed by atoms with van der Waals surface area (Å²) in [5, 5.41) is 0. The summed E-state index contributed by atoms with van der Waals surface area (Å²) in [6.07, 6.45) is 4.78. The van der Waals surface area contributed by atoms with Crippen molar-refractivity contribution >= 4 is 11.8 Å². The molecule has 0 radical (unpaired) electrons. The van der Waals surface area contributed by atoms with Crippen LogP contribution >= 0.6 is 0 Å². The molecule has 3 aliphatic rings. The van der Waals surface area contributed by atoms with E-state index in [0.717, 1.165) is 84.7 Å². The van der Waals surface area contributed by atoms with E-state index in [1.54, 1.807) is 0 Å². The lowest BCUT2D eigenvalue weighted by Gasteiger charge is -2.34. The van der Waals surface area contributed by atoms with Crippen LogP contribution in [0.25, 0.3) is 0 Å². The topological polar surface area (TPSA) is 62.3 Å². The molecule has 0 saturated carbocycles. The van der Waals surface area contributed by atoms with Gasteiger partial charge in [-0.1, -0.05) is 12.1 Å². The number of para-hydroxylation sites is 1. The Kier molecular flexibility index (Phi) is 7.81. The molecular weight excluding hydrogens is 394 g/mol. The molecule has 1 atom stereocenters. The van der Waals surface area contributed by atoms with E-state index in [-0.39, 0.29) is 11.8 Å². The molecule has 4 rings (SSSR count). The summed E-state index contributed by atoms with van der Waals surface area (Å²) in [4.78, 5) is 31.8. The number of hydrogen-bond donors (Lipinski definition) is 0. The number of carbonyl (C=O) groups is 2. The number of nitrogens with zero attached hydrogens (tertiary/aromatic N) is 3. The van der Waals surface area contributed by atoms with Gasteiger partial charge >= 0.3 is 0 Å². The highest BCUT2D eigenvalue weighted by Crippen LogP contribution is 2.24. The molecule has 1 aromatic rings. The first-order valence-electron chi connectivity index (χ1n) is 11.8. The van der Waals surface area contributed by atoms with Gasteiger partial charge in [0.05, 0.1) is 25.4 Å². The number of ether oxygens (including phenoxy) is 2. The van der Waals surface area contributed by atoms with Gasteiger partial charge in [0.2, 0.25) is 5.91 Å². The standard InChI is InChI=1S/C24H35N3O4/c28-23(9-13-25-14-16-30-17-15-25)27-12-5-6-20(18-27)19-31-22-8-2-1-7-21(22)24(29)26-10-3-4-11-26/h1-2,7-8,20H,3-6,9-19H2. The molecule has 3 saturated heterocycles. The molecule has 3 heterocycles. The highest BCUT2D eigenvalue weighted by molar-refractivity contribution is 5.97. The first-order chi connectivity index (χ1) is 15.2. The van der Waals surface area contributed by atoms with E-state index in [2.05, 4.69) is 4.90 Å². The largest absolute Gasteiger partial charge is 0.492 e. The van der Waals surface area contributed by atoms with Gasteiger partial charge in [0.1, 0.15) is 5.75 Å². The van der Waals surface area contributed by atoms with Crippen molar-refractivity contribution in [2.24, 2.45) is 5.92 Å². The lowest BCUT2D eigenvalue weighted by Crippen LogP contribution is -2.44. The third-order valence-electron chi connectivity index (χ3n) is 6.60. The van der Waals surface area contributed by atoms with Crippen LogP contribution in [0.15, 0.2) is 24.3 Å². The first kappa shape index (κ1) is 22.1. The molecule has 3 fully saturated rings. The van der Waals surface area contributed by atoms with Crippen molar-refractivity contribution in [2.75, 3.05) is 65.6 Å². The maximum Gasteiger partial charge on any atom is 0.257 e. The molecule has 7 heteroatoms. The molecule has 31 heavy (non-hydrogen) atoms. The fourth-order valence-electron chi connectivity index (χ4n) is 4.73. The van der Waals surface area contributed by atoms with Gasteiger partial charge in [-0.15, -0.1) is 0 Å². The van der Waals surface area contributed by atoms with E-state index in [0.29, 0.717) is 30.3 Å². The van der Waals surface area contributed by atoms with E-state index >= 15 is 0 Å². The monoisotopic (exact) mass is 429 g/mol. The van der Waals surface area contributed by atoms with Gasteiger partial charge < -0.3 is 19.3 Å². The molecule has 0 bridgehead atoms. The minimum atomic E-state index is 0.0664. The molecule has 0 N–H and O–H groups in total. The zero-order chi connectivity index (χ0) is 21.5. The van der Waals surface area contributed by atoms with Crippen LogP contribution in [0.4, 0.5) is 0 Å². The van der Waals surface area contributed by atoms with E-state index in [1.165, 1.54) is 0 Å². The smallest absolute Gasteiger partial charge is 0.257 e. The Morgan fingerprint density at radius 3 is 2.52 bits per heavy atom. The Labute approximate surface area is 185 Å². The normalized spacial score (nSPS) is 22.5. The maximum absolute atomic E-state index is 12.8. The SMILES string of the molecule is O=C(CCN1CCOCC1)N1CCCC(COc2ccccc2C(=O)N2CCCC2)C1. The van der Waals surface area contributed by atoms with E-state index in [1.807, 2.05) is 34.1 Å². The number of benzene rings is 1. The van der Waals surface area contributed by atoms with Crippen molar-refractivity contribution in [2.45, 2.75) is 32.1 Å². The Hall–Kier alpha value is -2.12. The number of morpholine rings is 1. The number of hydrogen-bond acceptors (Lipinski definition) is 5. The van der Waals surface area contributed by atoms with Crippen LogP contribution in [0.2, 0.25) is 0 Å². The number of carbonyl (C=O) groups excluding carboxylic acids is 2. The van der Waals surface area contributed by atoms with Crippen molar-refractivity contribution in [3.8, 4) is 5.75 Å². The van der Waals surface area contributed by atoms with Gasteiger partial charge in [-0.2, -0.15) is 0 Å². The second kappa shape index (κ2) is 11.0. The fraction of sp³-hybridized carbons (Fsp3) is 0.667. The van der Waals surface area contributed by atoms with Crippen LogP contribution < -0.4 is 4.74 Å². The Morgan fingerprint density at radius 2 is 1.71 bits per heavy atom. The van der Waals surface area contributed by atoms with E-state index in [4.69, 9.17) is 9.47 Å². The molecular formula is C24H35N3O4. The molecule has 2 amide bonds. The van der Waals surface area contributed by atoms with Crippen LogP contribution in [0, 0.1) is 5.92 Å². The maximum atomic E-state index is 12.8. The number of amides is 2. The number of likely N-dealkylation sites (tertiary alicyclic amines) is 2. The highest BCUT2D eigenvalue weighted by atomic mass is 16.5. The summed E-state index contributed by atoms with van der Waals surface area (Å²) < 4.78 is 11.5. The zero-order valence-corrected chi connectivity index (χ0v) is 18.5. The molecule has 3 aliphatic heterocycles. The lowest BCUT2D eigenvalue weighted by atomic mass is 9.98. The van der Waals surface area contributed by atoms with E-state index < -0.39 is 0 Å². The zero-order valence-electron chi connectivity index (χ0n) is 18.5. The minimum Gasteiger partial charge on any atom is -0.492 e. The average molecular weight is 430 g/mol. The van der Waals surface area contributed by atoms with E-state index in [9.17, 15) is 9.59 Å². The van der Waals surface area contributed by atoms with Gasteiger partial charge in [0, 0.05) is 58.2 Å². The predicted octanol–water partition coefficient (Wildman–Crippen LogP) is 2.26. The van der Waals surface area contributed by atoms with Crippen molar-refractivity contribution in [3.05, 3.63) is 29.8 Å². The first-order valence-corrected chi connectivity index (χ1v) is 11.8. The van der Waals surface area contributed by atoms with Crippen molar-refractivity contribution in [1.29, 1.82) is 0 Å². The molecule has 0 spiro atoms. The quantitative estimate of drug-likeness (QED) is 0.665. The van der Waals surface area contributed by atoms with Crippen LogP contribution in [-0.4, -0.2) is 92.1 Å². The minimum absolute atomic E-state index is 0.0664. The average Bonchev–Trinajstić information content (AvgIpc) is 3.37. The van der Waals surface area contributed by atoms with Gasteiger partial charge in [-0.05, 0) is 37.8 Å². The summed E-state index contributed by atoms with van der Waals surface area (Å²) in [5.41, 5.74) is 0.652. The van der Waals surface area contributed by atoms with Crippen molar-refractivity contribution < 1.29 is 19.1 Å². The summed E-state index contributed by atoms with van der Waals surface area (Å²) in [7, 11) is 0. The molecule has 7 nitrogen and oxygen atoms in total. The summed E-state index contributed by atoms with van der Waals surface area (Å²) in [6, 6.07) is 7.56. The third-order valence-corrected chi connectivity index (χ3v) is 6.60. The fourth-order valence-corrected chi connectivity index (χ4v) is 4.73. The molecule has 0 aromatic heterocycles. The van der Waals surface area contributed by atoms with Gasteiger partial charge in [-0.3, -0.25) is 14.5 Å². The van der Waals surface area contributed by atoms with Crippen molar-refractivity contribution in [1.82, 2.24) is 14.7 Å².